The number of hydrogen-bond acceptors (Lipinski definition) is 10. The van der Waals surface area contributed by atoms with Crippen LogP contribution in [0.5, 0.6) is 0 Å². The summed E-state index contributed by atoms with van der Waals surface area (Å²) >= 11 is 0. The summed E-state index contributed by atoms with van der Waals surface area (Å²) < 4.78 is 41.9. The van der Waals surface area contributed by atoms with Crippen LogP contribution in [0.1, 0.15) is 45.1 Å². The highest BCUT2D eigenvalue weighted by atomic mass is 16.7. The number of fused-ring (bicyclic) bond motifs is 2. The van der Waals surface area contributed by atoms with Gasteiger partial charge in [-0.1, -0.05) is 36.4 Å². The minimum atomic E-state index is -1.17. The van der Waals surface area contributed by atoms with Crippen LogP contribution in [0.2, 0.25) is 0 Å². The molecular formula is C28H38O10. The molecule has 10 nitrogen and oxygen atoms in total. The second-order valence-corrected chi connectivity index (χ2v) is 10.0. The lowest BCUT2D eigenvalue weighted by Crippen LogP contribution is -2.68. The molecule has 1 aromatic rings. The van der Waals surface area contributed by atoms with Crippen molar-refractivity contribution in [3.05, 3.63) is 48.6 Å². The average Bonchev–Trinajstić information content (AvgIpc) is 3.23. The molecule has 0 bridgehead atoms. The molecule has 1 N–H and O–H groups in total. The van der Waals surface area contributed by atoms with E-state index in [0.717, 1.165) is 5.56 Å². The third-order valence-corrected chi connectivity index (χ3v) is 7.28. The van der Waals surface area contributed by atoms with Crippen LogP contribution in [0.3, 0.4) is 0 Å². The number of methoxy groups -OCH3 is 1. The van der Waals surface area contributed by atoms with E-state index < -0.39 is 60.5 Å². The van der Waals surface area contributed by atoms with Gasteiger partial charge in [0.05, 0.1) is 18.8 Å². The Morgan fingerprint density at radius 3 is 2.61 bits per heavy atom. The molecule has 10 heteroatoms. The summed E-state index contributed by atoms with van der Waals surface area (Å²) in [4.78, 5) is 23.2. The molecule has 0 aromatic heterocycles. The van der Waals surface area contributed by atoms with E-state index in [1.165, 1.54) is 13.8 Å². The number of esters is 2. The maximum Gasteiger partial charge on any atom is 0.303 e. The van der Waals surface area contributed by atoms with Gasteiger partial charge < -0.3 is 38.3 Å². The molecule has 0 amide bonds. The summed E-state index contributed by atoms with van der Waals surface area (Å²) in [7, 11) is 1.54. The maximum absolute atomic E-state index is 11.8. The molecule has 9 unspecified atom stereocenters. The largest absolute Gasteiger partial charge is 0.462 e. The van der Waals surface area contributed by atoms with Crippen LogP contribution < -0.4 is 0 Å². The van der Waals surface area contributed by atoms with Crippen molar-refractivity contribution in [2.24, 2.45) is 0 Å². The number of aliphatic hydroxyl groups is 1. The molecule has 0 aliphatic carbocycles. The predicted molar refractivity (Wildman–Crippen MR) is 134 cm³/mol. The maximum atomic E-state index is 11.8. The summed E-state index contributed by atoms with van der Waals surface area (Å²) in [6.07, 6.45) is -1.65. The second-order valence-electron chi connectivity index (χ2n) is 10.0. The zero-order chi connectivity index (χ0) is 27.3. The summed E-state index contributed by atoms with van der Waals surface area (Å²) in [5.41, 5.74) is 0.954. The van der Waals surface area contributed by atoms with Crippen molar-refractivity contribution < 1.29 is 47.9 Å². The fourth-order valence-corrected chi connectivity index (χ4v) is 5.56. The molecule has 4 rings (SSSR count). The van der Waals surface area contributed by atoms with Crippen molar-refractivity contribution in [2.45, 2.75) is 101 Å². The van der Waals surface area contributed by atoms with Gasteiger partial charge in [0.25, 0.3) is 0 Å². The van der Waals surface area contributed by atoms with Crippen LogP contribution in [0.25, 0.3) is 0 Å². The number of hydrogen-bond donors (Lipinski definition) is 1. The van der Waals surface area contributed by atoms with E-state index in [1.807, 2.05) is 30.3 Å². The number of carbonyl (C=O) groups excluding carboxylic acids is 2. The Kier molecular flexibility index (Phi) is 9.56. The Hall–Kier alpha value is -2.34. The first-order chi connectivity index (χ1) is 18.3. The standard InChI is InChI=1S/C28H38O10/c1-5-9-20-12-13-28(32-4)27(36-20)23(31)25-26(38-28)24(34-15-19-10-7-6-8-11-19)22(37-25)14-21(35-18(3)30)16-33-17(2)29/h5-8,10-11,20-27,31H,1,9,12-16H2,2-4H3. The first kappa shape index (κ1) is 28.7. The third kappa shape index (κ3) is 6.44. The lowest BCUT2D eigenvalue weighted by atomic mass is 9.85. The SMILES string of the molecule is C=CCC1CCC2(OC)OC3C(OCc4ccccc4)C(CC(COC(C)=O)OC(C)=O)OC3C(O)C2O1. The number of carbonyl (C=O) groups is 2. The van der Waals surface area contributed by atoms with E-state index in [-0.39, 0.29) is 25.7 Å². The summed E-state index contributed by atoms with van der Waals surface area (Å²) in [6.45, 7) is 6.51. The average molecular weight is 535 g/mol. The van der Waals surface area contributed by atoms with Gasteiger partial charge in [0, 0.05) is 33.8 Å². The van der Waals surface area contributed by atoms with Crippen molar-refractivity contribution in [2.75, 3.05) is 13.7 Å². The zero-order valence-electron chi connectivity index (χ0n) is 22.2. The molecule has 0 spiro atoms. The van der Waals surface area contributed by atoms with Gasteiger partial charge in [-0.05, 0) is 18.4 Å². The highest BCUT2D eigenvalue weighted by Gasteiger charge is 2.64. The number of benzene rings is 1. The normalized spacial score (nSPS) is 35.0. The van der Waals surface area contributed by atoms with E-state index >= 15 is 0 Å². The van der Waals surface area contributed by atoms with Gasteiger partial charge in [-0.25, -0.2) is 0 Å². The minimum Gasteiger partial charge on any atom is -0.462 e. The van der Waals surface area contributed by atoms with Crippen molar-refractivity contribution >= 4 is 11.9 Å². The molecule has 3 heterocycles. The van der Waals surface area contributed by atoms with Gasteiger partial charge in [-0.15, -0.1) is 6.58 Å². The number of aliphatic hydroxyl groups excluding tert-OH is 1. The monoisotopic (exact) mass is 534 g/mol. The van der Waals surface area contributed by atoms with Crippen molar-refractivity contribution in [1.82, 2.24) is 0 Å². The lowest BCUT2D eigenvalue weighted by Gasteiger charge is -2.52. The predicted octanol–water partition coefficient (Wildman–Crippen LogP) is 2.45. The van der Waals surface area contributed by atoms with E-state index in [2.05, 4.69) is 6.58 Å². The highest BCUT2D eigenvalue weighted by Crippen LogP contribution is 2.47. The van der Waals surface area contributed by atoms with Crippen LogP contribution in [-0.4, -0.2) is 85.4 Å². The summed E-state index contributed by atoms with van der Waals surface area (Å²) in [5.74, 6) is -2.17. The molecule has 0 saturated carbocycles. The van der Waals surface area contributed by atoms with Gasteiger partial charge >= 0.3 is 11.9 Å². The fraction of sp³-hybridized carbons (Fsp3) is 0.643. The minimum absolute atomic E-state index is 0.116. The first-order valence-corrected chi connectivity index (χ1v) is 13.0. The molecule has 9 atom stereocenters. The Labute approximate surface area is 223 Å². The van der Waals surface area contributed by atoms with Crippen molar-refractivity contribution in [1.29, 1.82) is 0 Å². The van der Waals surface area contributed by atoms with Crippen LogP contribution in [0.15, 0.2) is 43.0 Å². The summed E-state index contributed by atoms with van der Waals surface area (Å²) in [6, 6.07) is 9.66. The van der Waals surface area contributed by atoms with Crippen molar-refractivity contribution in [3.8, 4) is 0 Å². The van der Waals surface area contributed by atoms with Gasteiger partial charge in [-0.3, -0.25) is 9.59 Å². The molecular weight excluding hydrogens is 496 g/mol. The van der Waals surface area contributed by atoms with E-state index in [0.29, 0.717) is 19.3 Å². The third-order valence-electron chi connectivity index (χ3n) is 7.28. The Bertz CT molecular complexity index is 954. The van der Waals surface area contributed by atoms with Gasteiger partial charge in [-0.2, -0.15) is 0 Å². The van der Waals surface area contributed by atoms with E-state index in [9.17, 15) is 14.7 Å². The summed E-state index contributed by atoms with van der Waals surface area (Å²) in [5, 5.41) is 11.5. The van der Waals surface area contributed by atoms with Gasteiger partial charge in [0.1, 0.15) is 43.2 Å². The number of ether oxygens (including phenoxy) is 7. The van der Waals surface area contributed by atoms with E-state index in [4.69, 9.17) is 33.2 Å². The smallest absolute Gasteiger partial charge is 0.303 e. The molecule has 3 aliphatic heterocycles. The number of rotatable bonds is 11. The highest BCUT2D eigenvalue weighted by molar-refractivity contribution is 5.67. The molecule has 3 fully saturated rings. The molecule has 210 valence electrons. The topological polar surface area (TPSA) is 119 Å². The van der Waals surface area contributed by atoms with Gasteiger partial charge in [0.15, 0.2) is 5.79 Å². The molecule has 38 heavy (non-hydrogen) atoms. The quantitative estimate of drug-likeness (QED) is 0.335. The molecule has 3 saturated heterocycles. The molecule has 3 aliphatic rings. The van der Waals surface area contributed by atoms with Crippen LogP contribution in [0, 0.1) is 0 Å². The van der Waals surface area contributed by atoms with Gasteiger partial charge in [0.2, 0.25) is 0 Å². The zero-order valence-corrected chi connectivity index (χ0v) is 22.2. The van der Waals surface area contributed by atoms with E-state index in [1.54, 1.807) is 13.2 Å². The lowest BCUT2D eigenvalue weighted by molar-refractivity contribution is -0.382. The molecule has 0 radical (unpaired) electrons. The Morgan fingerprint density at radius 2 is 1.95 bits per heavy atom. The second kappa shape index (κ2) is 12.7. The Morgan fingerprint density at radius 1 is 1.18 bits per heavy atom. The van der Waals surface area contributed by atoms with Crippen LogP contribution in [-0.2, 0) is 49.4 Å². The van der Waals surface area contributed by atoms with Crippen LogP contribution in [0.4, 0.5) is 0 Å². The first-order valence-electron chi connectivity index (χ1n) is 13.0. The fourth-order valence-electron chi connectivity index (χ4n) is 5.56. The van der Waals surface area contributed by atoms with Crippen molar-refractivity contribution in [3.63, 3.8) is 0 Å². The Balaban J connectivity index is 1.58. The molecule has 1 aromatic carbocycles. The van der Waals surface area contributed by atoms with Crippen LogP contribution >= 0.6 is 0 Å².